The van der Waals surface area contributed by atoms with E-state index in [2.05, 4.69) is 620 Å². The number of nitrogens with zero attached hydrogens (tertiary/aromatic N) is 7. The summed E-state index contributed by atoms with van der Waals surface area (Å²) in [6.45, 7) is 0. The number of anilines is 18. The maximum atomic E-state index is 3.49. The van der Waals surface area contributed by atoms with Crippen molar-refractivity contribution in [2.75, 3.05) is 29.4 Å². The fourth-order valence-electron chi connectivity index (χ4n) is 22.5. The molecule has 25 aromatic rings. The van der Waals surface area contributed by atoms with Gasteiger partial charge in [-0.3, -0.25) is 0 Å². The molecule has 0 radical (unpaired) electrons. The van der Waals surface area contributed by atoms with Crippen LogP contribution in [0.5, 0.6) is 0 Å². The van der Waals surface area contributed by atoms with Crippen molar-refractivity contribution in [1.29, 1.82) is 0 Å². The van der Waals surface area contributed by atoms with Crippen LogP contribution in [0.25, 0.3) is 115 Å². The highest BCUT2D eigenvalue weighted by Crippen LogP contribution is 2.58. The molecule has 0 saturated heterocycles. The van der Waals surface area contributed by atoms with E-state index in [9.17, 15) is 0 Å². The smallest absolute Gasteiger partial charge is 0.0626 e. The highest BCUT2D eigenvalue weighted by molar-refractivity contribution is 9.10. The molecule has 0 amide bonds. The van der Waals surface area contributed by atoms with Gasteiger partial charge in [0.15, 0.2) is 0 Å². The molecule has 7 nitrogen and oxygen atoms in total. The molecule has 704 valence electrons. The molecule has 0 aliphatic heterocycles. The van der Waals surface area contributed by atoms with Gasteiger partial charge in [-0.15, -0.1) is 0 Å². The number of benzene rings is 24. The van der Waals surface area contributed by atoms with Crippen LogP contribution in [0.2, 0.25) is 0 Å². The molecule has 3 aliphatic carbocycles. The van der Waals surface area contributed by atoms with Crippen LogP contribution in [0.4, 0.5) is 102 Å². The number of hydrogen-bond acceptors (Lipinski definition) is 6. The average molecular weight is 1970 g/mol. The zero-order valence-electron chi connectivity index (χ0n) is 81.6. The Morgan fingerprint density at radius 3 is 0.906 bits per heavy atom. The minimum absolute atomic E-state index is 0.950. The number of para-hydroxylation sites is 10. The molecule has 0 fully saturated rings. The van der Waals surface area contributed by atoms with Gasteiger partial charge in [-0.1, -0.05) is 350 Å². The predicted molar refractivity (Wildman–Crippen MR) is 633 cm³/mol. The lowest BCUT2D eigenvalue weighted by molar-refractivity contribution is 1.14. The van der Waals surface area contributed by atoms with Crippen molar-refractivity contribution in [1.82, 2.24) is 4.57 Å². The Morgan fingerprint density at radius 2 is 0.490 bits per heavy atom. The summed E-state index contributed by atoms with van der Waals surface area (Å²) in [6, 6.07) is 210. The lowest BCUT2D eigenvalue weighted by Gasteiger charge is -2.27. The monoisotopic (exact) mass is 1970 g/mol. The topological polar surface area (TPSA) is 24.4 Å². The van der Waals surface area contributed by atoms with E-state index >= 15 is 0 Å². The van der Waals surface area contributed by atoms with E-state index in [1.54, 1.807) is 0 Å². The second kappa shape index (κ2) is 39.5. The molecule has 8 heteroatoms. The SMILES string of the molecule is Brc1ccc(N(c2ccccc2)c2ccccc2)cc1.c1ccc(N(c2ccccc2)c2cc3c4c(cccc4c2)C2=C3c3cc(-c4ccc(N(c5ccccc5)c5cccc6ccccc56)cc4)ccc3C2)cc1.c1ccc(N(c2ccccc2)c2ccc(-n3c4c(c5cc(-c6ccc(N(c7ccccc7)c7cccc8ccccc78)cc6)ccc53)-c3cc(N(c5ccccc5)c5ccccc5)cc5cccc-4c35)cc2)cc1. The molecule has 0 atom stereocenters. The van der Waals surface area contributed by atoms with Gasteiger partial charge in [-0.05, 0) is 349 Å². The summed E-state index contributed by atoms with van der Waals surface area (Å²) in [7, 11) is 0. The van der Waals surface area contributed by atoms with E-state index in [0.717, 1.165) is 124 Å². The lowest BCUT2D eigenvalue weighted by Crippen LogP contribution is -2.10. The van der Waals surface area contributed by atoms with E-state index in [0.29, 0.717) is 0 Å². The van der Waals surface area contributed by atoms with Crippen molar-refractivity contribution in [3.8, 4) is 50.3 Å². The van der Waals surface area contributed by atoms with Gasteiger partial charge in [0, 0.05) is 128 Å². The molecule has 149 heavy (non-hydrogen) atoms. The average Bonchev–Trinajstić information content (AvgIpc) is 1.53. The van der Waals surface area contributed by atoms with Crippen molar-refractivity contribution in [2.45, 2.75) is 6.42 Å². The normalized spacial score (nSPS) is 11.7. The molecular formula is C141H98BrN7. The summed E-state index contributed by atoms with van der Waals surface area (Å²) >= 11 is 3.49. The zero-order chi connectivity index (χ0) is 99.0. The van der Waals surface area contributed by atoms with E-state index in [-0.39, 0.29) is 0 Å². The van der Waals surface area contributed by atoms with Crippen molar-refractivity contribution in [3.05, 3.63) is 609 Å². The summed E-state index contributed by atoms with van der Waals surface area (Å²) < 4.78 is 3.58. The number of fused-ring (bicyclic) bond motifs is 11. The van der Waals surface area contributed by atoms with Crippen LogP contribution in [0.3, 0.4) is 0 Å². The first-order valence-corrected chi connectivity index (χ1v) is 51.7. The van der Waals surface area contributed by atoms with E-state index in [1.165, 1.54) is 127 Å². The van der Waals surface area contributed by atoms with Crippen LogP contribution < -0.4 is 29.4 Å². The zero-order valence-corrected chi connectivity index (χ0v) is 83.2. The molecule has 0 bridgehead atoms. The van der Waals surface area contributed by atoms with Crippen LogP contribution in [0, 0.1) is 0 Å². The molecule has 28 rings (SSSR count). The third-order valence-corrected chi connectivity index (χ3v) is 29.6. The van der Waals surface area contributed by atoms with Crippen LogP contribution >= 0.6 is 15.9 Å². The number of rotatable bonds is 21. The Balaban J connectivity index is 0.000000130. The highest BCUT2D eigenvalue weighted by atomic mass is 79.9. The van der Waals surface area contributed by atoms with Gasteiger partial charge in [0.25, 0.3) is 0 Å². The Bertz CT molecular complexity index is 9080. The summed E-state index contributed by atoms with van der Waals surface area (Å²) in [5.74, 6) is 0. The fraction of sp³-hybridized carbons (Fsp3) is 0.00709. The molecule has 1 heterocycles. The van der Waals surface area contributed by atoms with Gasteiger partial charge < -0.3 is 34.0 Å². The third kappa shape index (κ3) is 17.0. The molecule has 0 N–H and O–H groups in total. The minimum atomic E-state index is 0.950. The van der Waals surface area contributed by atoms with Crippen molar-refractivity contribution in [2.24, 2.45) is 0 Å². The van der Waals surface area contributed by atoms with Crippen LogP contribution in [-0.4, -0.2) is 4.57 Å². The van der Waals surface area contributed by atoms with Gasteiger partial charge in [0.2, 0.25) is 0 Å². The van der Waals surface area contributed by atoms with Gasteiger partial charge in [-0.2, -0.15) is 0 Å². The molecule has 3 aliphatic rings. The lowest BCUT2D eigenvalue weighted by atomic mass is 9.92. The van der Waals surface area contributed by atoms with E-state index < -0.39 is 0 Å². The first-order chi connectivity index (χ1) is 73.9. The third-order valence-electron chi connectivity index (χ3n) is 29.1. The van der Waals surface area contributed by atoms with Crippen LogP contribution in [0.15, 0.2) is 587 Å². The summed E-state index contributed by atoms with van der Waals surface area (Å²) in [5.41, 5.74) is 40.6. The van der Waals surface area contributed by atoms with Gasteiger partial charge in [0.1, 0.15) is 0 Å². The maximum Gasteiger partial charge on any atom is 0.0626 e. The number of hydrogen-bond donors (Lipinski definition) is 0. The largest absolute Gasteiger partial charge is 0.311 e. The number of allylic oxidation sites excluding steroid dienone is 1. The number of aromatic nitrogens is 1. The van der Waals surface area contributed by atoms with Gasteiger partial charge in [0.05, 0.1) is 22.6 Å². The van der Waals surface area contributed by atoms with Crippen molar-refractivity contribution < 1.29 is 0 Å². The summed E-state index contributed by atoms with van der Waals surface area (Å²) in [4.78, 5) is 14.1. The maximum absolute atomic E-state index is 3.49. The molecule has 1 aromatic heterocycles. The Hall–Kier alpha value is -19.1. The van der Waals surface area contributed by atoms with Gasteiger partial charge in [-0.25, -0.2) is 0 Å². The Morgan fingerprint density at radius 1 is 0.188 bits per heavy atom. The first-order valence-electron chi connectivity index (χ1n) is 50.9. The Kier molecular flexibility index (Phi) is 23.9. The summed E-state index contributed by atoms with van der Waals surface area (Å²) in [6.07, 6.45) is 0.950. The second-order valence-electron chi connectivity index (χ2n) is 37.9. The number of halogens is 1. The highest BCUT2D eigenvalue weighted by Gasteiger charge is 2.36. The molecule has 0 saturated carbocycles. The van der Waals surface area contributed by atoms with Crippen LogP contribution in [-0.2, 0) is 6.42 Å². The standard InChI is InChI=1S/C70H48N4.C53H36N2.C18H14BrN/c1-6-23-53(24-7-1)71(54-25-8-2-9-26-54)58-41-43-60(44-42-58)74-67-45-38-51(49-36-39-59(40-37-49)73(57-31-14-5-15-32-57)66-35-19-21-50-20-16-17-33-62(50)66)47-64(67)69-65-48-61(46-52-22-18-34-63(68(52)65)70(69)74)72(55-27-10-3-11-28-55)56-29-12-4-13-30-56;1-4-17-41(18-5-1)54(42-19-6-2-7-20-42)45-32-40-16-12-24-47-49-34-39-27-26-38(33-48(39)53(49)50(35-45)52(40)47)36-28-30-44(31-29-36)55(43-21-8-3-9-22-43)51-25-13-15-37-14-10-11-23-46(37)51;19-15-11-13-18(14-12-15)20(16-7-3-1-4-8-16)17-9-5-2-6-10-17/h1-48H;1-33,35H,34H2;1-14H. The summed E-state index contributed by atoms with van der Waals surface area (Å²) in [5, 5.41) is 11.2. The first kappa shape index (κ1) is 89.9. The van der Waals surface area contributed by atoms with Crippen molar-refractivity contribution in [3.63, 3.8) is 0 Å². The molecule has 24 aromatic carbocycles. The fourth-order valence-corrected chi connectivity index (χ4v) is 22.7. The van der Waals surface area contributed by atoms with E-state index in [1.807, 2.05) is 12.1 Å². The quantitative estimate of drug-likeness (QED) is 0.0711. The van der Waals surface area contributed by atoms with Gasteiger partial charge >= 0.3 is 0 Å². The van der Waals surface area contributed by atoms with Crippen LogP contribution in [0.1, 0.15) is 22.3 Å². The Labute approximate surface area is 876 Å². The second-order valence-corrected chi connectivity index (χ2v) is 38.9. The molecular weight excluding hydrogens is 1870 g/mol. The van der Waals surface area contributed by atoms with E-state index in [4.69, 9.17) is 0 Å². The molecule has 0 spiro atoms. The molecule has 0 unspecified atom stereocenters. The van der Waals surface area contributed by atoms with Crippen molar-refractivity contribution >= 4 is 183 Å². The predicted octanol–water partition coefficient (Wildman–Crippen LogP) is 40.0. The minimum Gasteiger partial charge on any atom is -0.311 e.